The van der Waals surface area contributed by atoms with Gasteiger partial charge in [-0.05, 0) is 49.7 Å². The zero-order chi connectivity index (χ0) is 22.7. The Morgan fingerprint density at radius 2 is 1.70 bits per heavy atom. The fraction of sp³-hybridized carbons (Fsp3) is 0.778. The molecule has 4 unspecified atom stereocenters. The van der Waals surface area contributed by atoms with Gasteiger partial charge in [0.2, 0.25) is 17.7 Å². The van der Waals surface area contributed by atoms with Crippen molar-refractivity contribution in [2.45, 2.75) is 49.9 Å². The van der Waals surface area contributed by atoms with Gasteiger partial charge in [0.05, 0.1) is 6.04 Å². The number of aliphatic carboxylic acids is 1. The van der Waals surface area contributed by atoms with Crippen LogP contribution in [0, 0.1) is 0 Å². The number of nitrogens with zero attached hydrogens (tertiary/aromatic N) is 1. The van der Waals surface area contributed by atoms with E-state index in [2.05, 4.69) is 23.3 Å². The molecule has 3 amide bonds. The van der Waals surface area contributed by atoms with Crippen molar-refractivity contribution >= 4 is 59.8 Å². The first-order chi connectivity index (χ1) is 14.3. The molecule has 1 aliphatic rings. The topological polar surface area (TPSA) is 142 Å². The molecule has 1 aliphatic heterocycles. The molecule has 0 aromatic heterocycles. The predicted molar refractivity (Wildman–Crippen MR) is 124 cm³/mol. The number of hydrogen-bond acceptors (Lipinski definition) is 8. The number of carbonyl (C=O) groups is 4. The van der Waals surface area contributed by atoms with E-state index < -0.39 is 47.9 Å². The van der Waals surface area contributed by atoms with E-state index in [1.165, 1.54) is 16.7 Å². The number of nitrogens with one attached hydrogen (secondary N) is 2. The van der Waals surface area contributed by atoms with Crippen molar-refractivity contribution in [3.8, 4) is 0 Å². The molecule has 0 aliphatic carbocycles. The maximum atomic E-state index is 13.0. The van der Waals surface area contributed by atoms with E-state index in [-0.39, 0.29) is 5.75 Å². The summed E-state index contributed by atoms with van der Waals surface area (Å²) >= 11 is 7.23. The summed E-state index contributed by atoms with van der Waals surface area (Å²) in [5.74, 6) is -1.08. The van der Waals surface area contributed by atoms with Crippen molar-refractivity contribution in [3.05, 3.63) is 0 Å². The van der Waals surface area contributed by atoms with E-state index >= 15 is 0 Å². The Kier molecular flexibility index (Phi) is 12.6. The summed E-state index contributed by atoms with van der Waals surface area (Å²) in [4.78, 5) is 50.7. The zero-order valence-electron chi connectivity index (χ0n) is 17.3. The fourth-order valence-corrected chi connectivity index (χ4v) is 4.32. The Hall–Kier alpha value is -1.11. The van der Waals surface area contributed by atoms with Crippen LogP contribution in [0.4, 0.5) is 0 Å². The van der Waals surface area contributed by atoms with Gasteiger partial charge in [-0.2, -0.15) is 36.2 Å². The van der Waals surface area contributed by atoms with Crippen LogP contribution in [0.15, 0.2) is 0 Å². The number of thiol groups is 1. The lowest BCUT2D eigenvalue weighted by Crippen LogP contribution is -2.57. The van der Waals surface area contributed by atoms with Crippen LogP contribution in [0.3, 0.4) is 0 Å². The molecule has 0 aromatic rings. The number of carboxylic acids is 1. The van der Waals surface area contributed by atoms with Crippen LogP contribution in [-0.4, -0.2) is 94.2 Å². The van der Waals surface area contributed by atoms with Crippen LogP contribution in [0.5, 0.6) is 0 Å². The standard InChI is InChI=1S/C18H32N4O5S3/c1-29-8-5-11(19)15(23)21-13(10-28)16(24)20-12(6-9-30-2)17(25)22-7-3-4-14(22)18(26)27/h11-14,28H,3-10,19H2,1-2H3,(H,20,24)(H,21,23)(H,26,27). The second-order valence-electron chi connectivity index (χ2n) is 7.00. The largest absolute Gasteiger partial charge is 0.480 e. The van der Waals surface area contributed by atoms with Gasteiger partial charge >= 0.3 is 5.97 Å². The fourth-order valence-electron chi connectivity index (χ4n) is 3.10. The molecule has 0 radical (unpaired) electrons. The molecule has 5 N–H and O–H groups in total. The Morgan fingerprint density at radius 1 is 1.10 bits per heavy atom. The summed E-state index contributed by atoms with van der Waals surface area (Å²) in [5, 5.41) is 14.6. The summed E-state index contributed by atoms with van der Waals surface area (Å²) in [6, 6.07) is -3.42. The minimum Gasteiger partial charge on any atom is -0.480 e. The number of carboxylic acid groups (broad SMARTS) is 1. The molecule has 0 saturated carbocycles. The highest BCUT2D eigenvalue weighted by Crippen LogP contribution is 2.19. The highest BCUT2D eigenvalue weighted by Gasteiger charge is 2.38. The van der Waals surface area contributed by atoms with Crippen molar-refractivity contribution in [1.29, 1.82) is 0 Å². The normalized spacial score (nSPS) is 19.1. The lowest BCUT2D eigenvalue weighted by Gasteiger charge is -2.28. The van der Waals surface area contributed by atoms with Gasteiger partial charge in [0.15, 0.2) is 0 Å². The highest BCUT2D eigenvalue weighted by molar-refractivity contribution is 7.98. The average Bonchev–Trinajstić information content (AvgIpc) is 3.22. The van der Waals surface area contributed by atoms with Crippen molar-refractivity contribution in [2.75, 3.05) is 36.3 Å². The van der Waals surface area contributed by atoms with Gasteiger partial charge in [-0.25, -0.2) is 4.79 Å². The molecule has 0 aromatic carbocycles. The Morgan fingerprint density at radius 3 is 2.27 bits per heavy atom. The molecule has 9 nitrogen and oxygen atoms in total. The molecule has 0 bridgehead atoms. The van der Waals surface area contributed by atoms with Crippen LogP contribution in [0.2, 0.25) is 0 Å². The molecule has 30 heavy (non-hydrogen) atoms. The molecule has 172 valence electrons. The Labute approximate surface area is 191 Å². The summed E-state index contributed by atoms with van der Waals surface area (Å²) in [6.45, 7) is 0.346. The van der Waals surface area contributed by atoms with E-state index in [4.69, 9.17) is 5.73 Å². The summed E-state index contributed by atoms with van der Waals surface area (Å²) in [5.41, 5.74) is 5.85. The lowest BCUT2D eigenvalue weighted by atomic mass is 10.1. The summed E-state index contributed by atoms with van der Waals surface area (Å²) in [6.07, 6.45) is 5.63. The van der Waals surface area contributed by atoms with Gasteiger partial charge in [-0.1, -0.05) is 0 Å². The SMILES string of the molecule is CSCCC(N)C(=O)NC(CS)C(=O)NC(CCSC)C(=O)N1CCCC1C(=O)O. The number of nitrogens with two attached hydrogens (primary N) is 1. The van der Waals surface area contributed by atoms with Crippen molar-refractivity contribution < 1.29 is 24.3 Å². The van der Waals surface area contributed by atoms with Crippen molar-refractivity contribution in [1.82, 2.24) is 15.5 Å². The Balaban J connectivity index is 2.81. The van der Waals surface area contributed by atoms with E-state index in [9.17, 15) is 24.3 Å². The van der Waals surface area contributed by atoms with Crippen LogP contribution in [0.25, 0.3) is 0 Å². The van der Waals surface area contributed by atoms with Crippen molar-refractivity contribution in [3.63, 3.8) is 0 Å². The number of hydrogen-bond donors (Lipinski definition) is 5. The van der Waals surface area contributed by atoms with E-state index in [1.807, 2.05) is 12.5 Å². The van der Waals surface area contributed by atoms with Gasteiger partial charge in [0, 0.05) is 12.3 Å². The molecule has 1 heterocycles. The summed E-state index contributed by atoms with van der Waals surface area (Å²) in [7, 11) is 0. The molecular formula is C18H32N4O5S3. The minimum atomic E-state index is -1.05. The first kappa shape index (κ1) is 26.9. The van der Waals surface area contributed by atoms with Crippen LogP contribution in [0.1, 0.15) is 25.7 Å². The third-order valence-electron chi connectivity index (χ3n) is 4.83. The minimum absolute atomic E-state index is 0.0394. The molecule has 1 saturated heterocycles. The maximum Gasteiger partial charge on any atom is 0.326 e. The number of carbonyl (C=O) groups excluding carboxylic acids is 3. The van der Waals surface area contributed by atoms with Gasteiger partial charge < -0.3 is 26.4 Å². The van der Waals surface area contributed by atoms with E-state index in [0.29, 0.717) is 38.0 Å². The molecular weight excluding hydrogens is 448 g/mol. The van der Waals surface area contributed by atoms with Crippen LogP contribution in [-0.2, 0) is 19.2 Å². The maximum absolute atomic E-state index is 13.0. The second-order valence-corrected chi connectivity index (χ2v) is 9.34. The smallest absolute Gasteiger partial charge is 0.326 e. The van der Waals surface area contributed by atoms with Crippen LogP contribution < -0.4 is 16.4 Å². The van der Waals surface area contributed by atoms with Crippen molar-refractivity contribution in [2.24, 2.45) is 5.73 Å². The molecule has 1 rings (SSSR count). The van der Waals surface area contributed by atoms with E-state index in [1.54, 1.807) is 11.8 Å². The average molecular weight is 481 g/mol. The first-order valence-electron chi connectivity index (χ1n) is 9.75. The Bertz CT molecular complexity index is 610. The van der Waals surface area contributed by atoms with E-state index in [0.717, 1.165) is 5.75 Å². The number of likely N-dealkylation sites (tertiary alicyclic amines) is 1. The molecule has 4 atom stereocenters. The molecule has 12 heteroatoms. The van der Waals surface area contributed by atoms with Crippen LogP contribution >= 0.6 is 36.2 Å². The highest BCUT2D eigenvalue weighted by atomic mass is 32.2. The van der Waals surface area contributed by atoms with Gasteiger partial charge in [-0.15, -0.1) is 0 Å². The third-order valence-corrected chi connectivity index (χ3v) is 6.48. The second kappa shape index (κ2) is 14.0. The monoisotopic (exact) mass is 480 g/mol. The number of rotatable bonds is 13. The molecule has 1 fully saturated rings. The zero-order valence-corrected chi connectivity index (χ0v) is 19.9. The van der Waals surface area contributed by atoms with Gasteiger partial charge in [0.1, 0.15) is 18.1 Å². The predicted octanol–water partition coefficient (Wildman–Crippen LogP) is -0.205. The van der Waals surface area contributed by atoms with Gasteiger partial charge in [0.25, 0.3) is 0 Å². The lowest BCUT2D eigenvalue weighted by molar-refractivity contribution is -0.149. The third kappa shape index (κ3) is 8.20. The number of thioether (sulfide) groups is 2. The first-order valence-corrected chi connectivity index (χ1v) is 13.2. The number of amides is 3. The summed E-state index contributed by atoms with van der Waals surface area (Å²) < 4.78 is 0. The van der Waals surface area contributed by atoms with Gasteiger partial charge in [-0.3, -0.25) is 14.4 Å². The quantitative estimate of drug-likeness (QED) is 0.228. The molecule has 0 spiro atoms.